The third kappa shape index (κ3) is 5.01. The molecule has 1 aliphatic heterocycles. The summed E-state index contributed by atoms with van der Waals surface area (Å²) in [7, 11) is 1.87. The minimum atomic E-state index is -0.680. The number of anilines is 1. The van der Waals surface area contributed by atoms with Crippen LogP contribution >= 0.6 is 0 Å². The van der Waals surface area contributed by atoms with Gasteiger partial charge in [-0.1, -0.05) is 55.7 Å². The third-order valence-corrected chi connectivity index (χ3v) is 7.38. The average Bonchev–Trinajstić information content (AvgIpc) is 3.27. The maximum absolute atomic E-state index is 13.6. The number of carbonyl (C=O) groups excluding carboxylic acids is 1. The van der Waals surface area contributed by atoms with Gasteiger partial charge in [0.25, 0.3) is 5.69 Å². The predicted octanol–water partition coefficient (Wildman–Crippen LogP) is 5.83. The molecule has 5 rings (SSSR count). The molecule has 1 aromatic heterocycles. The van der Waals surface area contributed by atoms with Crippen molar-refractivity contribution in [3.8, 4) is 5.75 Å². The Kier molecular flexibility index (Phi) is 7.44. The van der Waals surface area contributed by atoms with Crippen molar-refractivity contribution < 1.29 is 19.2 Å². The summed E-state index contributed by atoms with van der Waals surface area (Å²) < 4.78 is 13.1. The highest BCUT2D eigenvalue weighted by Gasteiger charge is 2.41. The number of aryl methyl sites for hydroxylation is 1. The highest BCUT2D eigenvalue weighted by Crippen LogP contribution is 2.49. The lowest BCUT2D eigenvalue weighted by atomic mass is 9.76. The van der Waals surface area contributed by atoms with Crippen LogP contribution in [-0.4, -0.2) is 33.9 Å². The molecule has 198 valence electrons. The number of hydrogen-bond acceptors (Lipinski definition) is 7. The van der Waals surface area contributed by atoms with Crippen LogP contribution in [0.2, 0.25) is 0 Å². The number of aromatic nitrogens is 2. The molecule has 2 aliphatic rings. The fourth-order valence-electron chi connectivity index (χ4n) is 5.65. The normalized spacial score (nSPS) is 17.5. The van der Waals surface area contributed by atoms with Crippen molar-refractivity contribution in [2.24, 2.45) is 7.05 Å². The number of nitrogens with one attached hydrogen (secondary N) is 1. The lowest BCUT2D eigenvalue weighted by molar-refractivity contribution is -0.385. The van der Waals surface area contributed by atoms with Gasteiger partial charge in [0.1, 0.15) is 24.8 Å². The molecule has 1 aliphatic carbocycles. The van der Waals surface area contributed by atoms with E-state index in [1.165, 1.54) is 12.5 Å². The van der Waals surface area contributed by atoms with E-state index in [1.54, 1.807) is 29.8 Å². The van der Waals surface area contributed by atoms with Crippen LogP contribution in [0.1, 0.15) is 67.7 Å². The van der Waals surface area contributed by atoms with Crippen molar-refractivity contribution in [1.29, 1.82) is 0 Å². The van der Waals surface area contributed by atoms with E-state index in [0.29, 0.717) is 22.6 Å². The summed E-state index contributed by atoms with van der Waals surface area (Å²) in [4.78, 5) is 25.3. The van der Waals surface area contributed by atoms with Crippen molar-refractivity contribution in [2.45, 2.75) is 50.9 Å². The Morgan fingerprint density at radius 2 is 1.79 bits per heavy atom. The summed E-state index contributed by atoms with van der Waals surface area (Å²) in [6.45, 7) is 2.04. The number of ether oxygens (including phenoxy) is 2. The zero-order valence-corrected chi connectivity index (χ0v) is 21.7. The van der Waals surface area contributed by atoms with E-state index in [1.807, 2.05) is 37.4 Å². The van der Waals surface area contributed by atoms with Crippen molar-refractivity contribution in [3.63, 3.8) is 0 Å². The number of fused-ring (bicyclic) bond motifs is 1. The van der Waals surface area contributed by atoms with Crippen LogP contribution < -0.4 is 10.1 Å². The molecule has 0 saturated heterocycles. The van der Waals surface area contributed by atoms with Gasteiger partial charge in [-0.3, -0.25) is 14.8 Å². The van der Waals surface area contributed by atoms with E-state index in [-0.39, 0.29) is 29.7 Å². The van der Waals surface area contributed by atoms with Gasteiger partial charge in [-0.2, -0.15) is 5.10 Å². The number of nitro benzene ring substituents is 1. The van der Waals surface area contributed by atoms with E-state index in [2.05, 4.69) is 5.32 Å². The van der Waals surface area contributed by atoms with E-state index < -0.39 is 11.9 Å². The smallest absolute Gasteiger partial charge is 0.336 e. The molecule has 1 N–H and O–H groups in total. The molecule has 1 saturated carbocycles. The molecule has 3 aromatic rings. The van der Waals surface area contributed by atoms with E-state index in [9.17, 15) is 14.9 Å². The third-order valence-electron chi connectivity index (χ3n) is 7.38. The van der Waals surface area contributed by atoms with E-state index in [4.69, 9.17) is 14.6 Å². The van der Waals surface area contributed by atoms with Crippen LogP contribution in [-0.2, 0) is 16.6 Å². The molecule has 0 amide bonds. The lowest BCUT2D eigenvalue weighted by Gasteiger charge is -2.30. The molecule has 0 bridgehead atoms. The molecular weight excluding hydrogens is 484 g/mol. The quantitative estimate of drug-likeness (QED) is 0.174. The molecule has 0 radical (unpaired) electrons. The molecule has 2 aromatic carbocycles. The number of rotatable bonds is 8. The SMILES string of the molecule is CC1=C(C(=O)OCCOc2ccccc2)C(c2ccccc2[N+](=O)[O-])c2c(C3CCCCC3)nn(C)c2N1. The van der Waals surface area contributed by atoms with Crippen LogP contribution in [0.3, 0.4) is 0 Å². The molecule has 1 unspecified atom stereocenters. The summed E-state index contributed by atoms with van der Waals surface area (Å²) in [5, 5.41) is 20.3. The Morgan fingerprint density at radius 3 is 2.53 bits per heavy atom. The zero-order valence-electron chi connectivity index (χ0n) is 21.7. The average molecular weight is 517 g/mol. The van der Waals surface area contributed by atoms with Gasteiger partial charge >= 0.3 is 5.97 Å². The van der Waals surface area contributed by atoms with Crippen LogP contribution in [0.5, 0.6) is 5.75 Å². The first-order valence-electron chi connectivity index (χ1n) is 13.1. The number of carbonyl (C=O) groups is 1. The number of allylic oxidation sites excluding steroid dienone is 1. The van der Waals surface area contributed by atoms with Crippen molar-refractivity contribution in [3.05, 3.63) is 92.8 Å². The molecule has 1 fully saturated rings. The lowest BCUT2D eigenvalue weighted by Crippen LogP contribution is -2.27. The summed E-state index contributed by atoms with van der Waals surface area (Å²) in [6.07, 6.45) is 5.44. The second kappa shape index (κ2) is 11.1. The second-order valence-corrected chi connectivity index (χ2v) is 9.82. The number of para-hydroxylation sites is 2. The largest absolute Gasteiger partial charge is 0.490 e. The monoisotopic (exact) mass is 516 g/mol. The number of benzene rings is 2. The van der Waals surface area contributed by atoms with Crippen LogP contribution in [0, 0.1) is 10.1 Å². The summed E-state index contributed by atoms with van der Waals surface area (Å²) >= 11 is 0. The molecule has 9 heteroatoms. The Balaban J connectivity index is 1.52. The molecule has 2 heterocycles. The Hall–Kier alpha value is -4.14. The number of hydrogen-bond donors (Lipinski definition) is 1. The second-order valence-electron chi connectivity index (χ2n) is 9.82. The fraction of sp³-hybridized carbons (Fsp3) is 0.379. The van der Waals surface area contributed by atoms with Gasteiger partial charge in [-0.25, -0.2) is 4.79 Å². The van der Waals surface area contributed by atoms with Gasteiger partial charge in [0.2, 0.25) is 0 Å². The van der Waals surface area contributed by atoms with E-state index in [0.717, 1.165) is 42.8 Å². The van der Waals surface area contributed by atoms with Crippen molar-refractivity contribution >= 4 is 17.5 Å². The summed E-state index contributed by atoms with van der Waals surface area (Å²) in [5.74, 6) is 0.476. The Bertz CT molecular complexity index is 1360. The highest BCUT2D eigenvalue weighted by molar-refractivity contribution is 5.95. The predicted molar refractivity (Wildman–Crippen MR) is 143 cm³/mol. The number of nitro groups is 1. The van der Waals surface area contributed by atoms with Gasteiger partial charge in [0, 0.05) is 35.9 Å². The first kappa shape index (κ1) is 25.5. The fourth-order valence-corrected chi connectivity index (χ4v) is 5.65. The molecule has 38 heavy (non-hydrogen) atoms. The number of esters is 1. The van der Waals surface area contributed by atoms with Gasteiger partial charge in [0.05, 0.1) is 22.1 Å². The first-order chi connectivity index (χ1) is 18.5. The first-order valence-corrected chi connectivity index (χ1v) is 13.1. The molecular formula is C29H32N4O5. The Labute approximate surface area is 221 Å². The van der Waals surface area contributed by atoms with Crippen LogP contribution in [0.25, 0.3) is 0 Å². The topological polar surface area (TPSA) is 109 Å². The zero-order chi connectivity index (χ0) is 26.6. The van der Waals surface area contributed by atoms with Crippen LogP contribution in [0.15, 0.2) is 65.9 Å². The molecule has 1 atom stereocenters. The maximum Gasteiger partial charge on any atom is 0.336 e. The number of nitrogens with zero attached hydrogens (tertiary/aromatic N) is 3. The van der Waals surface area contributed by atoms with Gasteiger partial charge < -0.3 is 14.8 Å². The Morgan fingerprint density at radius 1 is 1.08 bits per heavy atom. The maximum atomic E-state index is 13.6. The minimum absolute atomic E-state index is 0.0330. The highest BCUT2D eigenvalue weighted by atomic mass is 16.6. The standard InChI is InChI=1S/C29H32N4O5/c1-19-24(29(34)38-18-17-37-21-13-7-4-8-14-21)25(22-15-9-10-16-23(22)33(35)36)26-27(20-11-5-3-6-12-20)31-32(2)28(26)30-19/h4,7-10,13-16,20,25,30H,3,5-6,11-12,17-18H2,1-2H3. The van der Waals surface area contributed by atoms with Crippen LogP contribution in [0.4, 0.5) is 11.5 Å². The molecule has 0 spiro atoms. The van der Waals surface area contributed by atoms with Gasteiger partial charge in [-0.05, 0) is 31.9 Å². The van der Waals surface area contributed by atoms with Crippen molar-refractivity contribution in [2.75, 3.05) is 18.5 Å². The van der Waals surface area contributed by atoms with E-state index >= 15 is 0 Å². The minimum Gasteiger partial charge on any atom is -0.490 e. The summed E-state index contributed by atoms with van der Waals surface area (Å²) in [6, 6.07) is 15.9. The summed E-state index contributed by atoms with van der Waals surface area (Å²) in [5.41, 5.74) is 3.10. The van der Waals surface area contributed by atoms with Crippen molar-refractivity contribution in [1.82, 2.24) is 9.78 Å². The van der Waals surface area contributed by atoms with Gasteiger partial charge in [-0.15, -0.1) is 0 Å². The molecule has 9 nitrogen and oxygen atoms in total. The van der Waals surface area contributed by atoms with Gasteiger partial charge in [0.15, 0.2) is 0 Å².